The van der Waals surface area contributed by atoms with E-state index in [1.54, 1.807) is 18.3 Å². The average molecular weight is 263 g/mol. The summed E-state index contributed by atoms with van der Waals surface area (Å²) in [7, 11) is 0. The minimum atomic E-state index is -0.107. The molecule has 0 radical (unpaired) electrons. The number of hydrogen-bond donors (Lipinski definition) is 1. The lowest BCUT2D eigenvalue weighted by molar-refractivity contribution is 0.0941. The Morgan fingerprint density at radius 1 is 1.44 bits per heavy atom. The number of nitrogens with one attached hydrogen (secondary N) is 1. The third kappa shape index (κ3) is 2.46. The highest BCUT2D eigenvalue weighted by molar-refractivity contribution is 6.36. The summed E-state index contributed by atoms with van der Waals surface area (Å²) in [4.78, 5) is 16.4. The van der Waals surface area contributed by atoms with E-state index in [0.717, 1.165) is 11.8 Å². The van der Waals surface area contributed by atoms with Crippen LogP contribution in [0, 0.1) is 0 Å². The number of rotatable bonds is 3. The summed E-state index contributed by atoms with van der Waals surface area (Å²) in [6, 6.07) is 7.27. The van der Waals surface area contributed by atoms with Crippen molar-refractivity contribution in [3.63, 3.8) is 0 Å². The number of carbonyl (C=O) groups excluding carboxylic acids is 1. The second-order valence-corrected chi connectivity index (χ2v) is 4.68. The molecule has 2 aromatic rings. The van der Waals surface area contributed by atoms with Gasteiger partial charge >= 0.3 is 0 Å². The van der Waals surface area contributed by atoms with Crippen LogP contribution in [0.2, 0.25) is 5.02 Å². The van der Waals surface area contributed by atoms with E-state index in [-0.39, 0.29) is 11.9 Å². The fraction of sp³-hybridized carbons (Fsp3) is 0.286. The monoisotopic (exact) mass is 262 g/mol. The Kier molecular flexibility index (Phi) is 3.82. The third-order valence-corrected chi connectivity index (χ3v) is 3.28. The minimum Gasteiger partial charge on any atom is -0.350 e. The first kappa shape index (κ1) is 12.8. The van der Waals surface area contributed by atoms with E-state index in [4.69, 9.17) is 11.6 Å². The van der Waals surface area contributed by atoms with Gasteiger partial charge in [-0.2, -0.15) is 0 Å². The molecule has 4 heteroatoms. The highest BCUT2D eigenvalue weighted by Crippen LogP contribution is 2.24. The smallest absolute Gasteiger partial charge is 0.253 e. The molecule has 1 heterocycles. The number of amides is 1. The number of nitrogens with zero attached hydrogens (tertiary/aromatic N) is 1. The van der Waals surface area contributed by atoms with Gasteiger partial charge in [-0.1, -0.05) is 18.5 Å². The first-order valence-corrected chi connectivity index (χ1v) is 6.35. The molecule has 0 aliphatic carbocycles. The molecule has 0 bridgehead atoms. The second-order valence-electron chi connectivity index (χ2n) is 4.28. The number of fused-ring (bicyclic) bond motifs is 1. The zero-order valence-corrected chi connectivity index (χ0v) is 11.2. The van der Waals surface area contributed by atoms with Gasteiger partial charge in [0.15, 0.2) is 0 Å². The SMILES string of the molecule is CC[C@@H](C)NC(=O)c1ccc(Cl)c2cccnc12. The lowest BCUT2D eigenvalue weighted by Crippen LogP contribution is -2.32. The first-order chi connectivity index (χ1) is 8.63. The molecule has 18 heavy (non-hydrogen) atoms. The van der Waals surface area contributed by atoms with Gasteiger partial charge in [-0.3, -0.25) is 9.78 Å². The van der Waals surface area contributed by atoms with Gasteiger partial charge in [0.2, 0.25) is 0 Å². The molecule has 0 unspecified atom stereocenters. The molecule has 0 fully saturated rings. The van der Waals surface area contributed by atoms with Crippen LogP contribution in [0.25, 0.3) is 10.9 Å². The molecule has 1 aromatic heterocycles. The van der Waals surface area contributed by atoms with Crippen molar-refractivity contribution < 1.29 is 4.79 Å². The quantitative estimate of drug-likeness (QED) is 0.921. The van der Waals surface area contributed by atoms with Gasteiger partial charge in [0.05, 0.1) is 16.1 Å². The summed E-state index contributed by atoms with van der Waals surface area (Å²) in [5, 5.41) is 4.35. The van der Waals surface area contributed by atoms with Crippen LogP contribution in [-0.2, 0) is 0 Å². The van der Waals surface area contributed by atoms with E-state index >= 15 is 0 Å². The van der Waals surface area contributed by atoms with Gasteiger partial charge in [-0.25, -0.2) is 0 Å². The number of aromatic nitrogens is 1. The zero-order chi connectivity index (χ0) is 13.1. The van der Waals surface area contributed by atoms with E-state index in [2.05, 4.69) is 10.3 Å². The van der Waals surface area contributed by atoms with Crippen molar-refractivity contribution in [1.82, 2.24) is 10.3 Å². The maximum absolute atomic E-state index is 12.1. The number of pyridine rings is 1. The van der Waals surface area contributed by atoms with Crippen molar-refractivity contribution in [3.05, 3.63) is 41.0 Å². The van der Waals surface area contributed by atoms with Crippen molar-refractivity contribution in [3.8, 4) is 0 Å². The average Bonchev–Trinajstić information content (AvgIpc) is 2.39. The molecule has 1 aromatic carbocycles. The Balaban J connectivity index is 2.45. The van der Waals surface area contributed by atoms with E-state index in [9.17, 15) is 4.79 Å². The van der Waals surface area contributed by atoms with Crippen LogP contribution in [0.1, 0.15) is 30.6 Å². The van der Waals surface area contributed by atoms with E-state index in [1.807, 2.05) is 26.0 Å². The Labute approximate surface area is 111 Å². The minimum absolute atomic E-state index is 0.107. The molecule has 0 aliphatic rings. The molecule has 1 atom stereocenters. The van der Waals surface area contributed by atoms with E-state index in [0.29, 0.717) is 16.1 Å². The number of hydrogen-bond acceptors (Lipinski definition) is 2. The summed E-state index contributed by atoms with van der Waals surface area (Å²) in [5.74, 6) is -0.107. The van der Waals surface area contributed by atoms with Crippen LogP contribution >= 0.6 is 11.6 Å². The summed E-state index contributed by atoms with van der Waals surface area (Å²) in [5.41, 5.74) is 1.21. The predicted octanol–water partition coefficient (Wildman–Crippen LogP) is 3.42. The van der Waals surface area contributed by atoms with Crippen LogP contribution in [0.5, 0.6) is 0 Å². The molecule has 0 aliphatic heterocycles. The lowest BCUT2D eigenvalue weighted by atomic mass is 10.1. The third-order valence-electron chi connectivity index (χ3n) is 2.95. The van der Waals surface area contributed by atoms with Crippen LogP contribution in [0.4, 0.5) is 0 Å². The zero-order valence-electron chi connectivity index (χ0n) is 10.4. The van der Waals surface area contributed by atoms with E-state index in [1.165, 1.54) is 0 Å². The normalized spacial score (nSPS) is 12.4. The molecule has 2 rings (SSSR count). The molecule has 94 valence electrons. The fourth-order valence-corrected chi connectivity index (χ4v) is 1.94. The highest BCUT2D eigenvalue weighted by atomic mass is 35.5. The van der Waals surface area contributed by atoms with Crippen molar-refractivity contribution in [2.45, 2.75) is 26.3 Å². The van der Waals surface area contributed by atoms with Crippen molar-refractivity contribution in [2.75, 3.05) is 0 Å². The molecule has 0 saturated carbocycles. The Hall–Kier alpha value is -1.61. The van der Waals surface area contributed by atoms with Crippen molar-refractivity contribution in [1.29, 1.82) is 0 Å². The molecular weight excluding hydrogens is 248 g/mol. The molecule has 1 amide bonds. The summed E-state index contributed by atoms with van der Waals surface area (Å²) < 4.78 is 0. The summed E-state index contributed by atoms with van der Waals surface area (Å²) in [6.45, 7) is 4.01. The van der Waals surface area contributed by atoms with Gasteiger partial charge in [-0.15, -0.1) is 0 Å². The molecule has 0 saturated heterocycles. The number of halogens is 1. The first-order valence-electron chi connectivity index (χ1n) is 5.97. The maximum atomic E-state index is 12.1. The van der Waals surface area contributed by atoms with Gasteiger partial charge < -0.3 is 5.32 Å². The summed E-state index contributed by atoms with van der Waals surface area (Å²) >= 11 is 6.10. The Morgan fingerprint density at radius 2 is 2.22 bits per heavy atom. The van der Waals surface area contributed by atoms with Crippen molar-refractivity contribution in [2.24, 2.45) is 0 Å². The maximum Gasteiger partial charge on any atom is 0.253 e. The standard InChI is InChI=1S/C14H15ClN2O/c1-3-9(2)17-14(18)11-6-7-12(15)10-5-4-8-16-13(10)11/h4-9H,3H2,1-2H3,(H,17,18)/t9-/m1/s1. The summed E-state index contributed by atoms with van der Waals surface area (Å²) in [6.07, 6.45) is 2.56. The van der Waals surface area contributed by atoms with E-state index < -0.39 is 0 Å². The molecular formula is C14H15ClN2O. The van der Waals surface area contributed by atoms with Crippen LogP contribution in [0.3, 0.4) is 0 Å². The number of benzene rings is 1. The van der Waals surface area contributed by atoms with Gasteiger partial charge in [0, 0.05) is 17.6 Å². The lowest BCUT2D eigenvalue weighted by Gasteiger charge is -2.12. The number of carbonyl (C=O) groups is 1. The van der Waals surface area contributed by atoms with Crippen LogP contribution < -0.4 is 5.32 Å². The molecule has 3 nitrogen and oxygen atoms in total. The highest BCUT2D eigenvalue weighted by Gasteiger charge is 2.14. The Bertz CT molecular complexity index is 583. The molecule has 0 spiro atoms. The van der Waals surface area contributed by atoms with Gasteiger partial charge in [0.25, 0.3) is 5.91 Å². The molecule has 1 N–H and O–H groups in total. The topological polar surface area (TPSA) is 42.0 Å². The second kappa shape index (κ2) is 5.36. The fourth-order valence-electron chi connectivity index (χ4n) is 1.72. The van der Waals surface area contributed by atoms with Gasteiger partial charge in [0.1, 0.15) is 0 Å². The predicted molar refractivity (Wildman–Crippen MR) is 74.0 cm³/mol. The van der Waals surface area contributed by atoms with Crippen LogP contribution in [-0.4, -0.2) is 16.9 Å². The van der Waals surface area contributed by atoms with Crippen LogP contribution in [0.15, 0.2) is 30.5 Å². The van der Waals surface area contributed by atoms with Gasteiger partial charge in [-0.05, 0) is 37.6 Å². The van der Waals surface area contributed by atoms with Crippen molar-refractivity contribution >= 4 is 28.4 Å². The largest absolute Gasteiger partial charge is 0.350 e. The Morgan fingerprint density at radius 3 is 2.94 bits per heavy atom.